The second kappa shape index (κ2) is 4.12. The van der Waals surface area contributed by atoms with Crippen molar-refractivity contribution in [3.05, 3.63) is 0 Å². The summed E-state index contributed by atoms with van der Waals surface area (Å²) in [6.45, 7) is 7.61. The zero-order chi connectivity index (χ0) is 11.7. The van der Waals surface area contributed by atoms with E-state index in [-0.39, 0.29) is 12.0 Å². The van der Waals surface area contributed by atoms with E-state index in [0.717, 1.165) is 25.7 Å². The van der Waals surface area contributed by atoms with Gasteiger partial charge < -0.3 is 10.5 Å². The molecule has 0 radical (unpaired) electrons. The van der Waals surface area contributed by atoms with Crippen molar-refractivity contribution < 1.29 is 9.53 Å². The molecule has 0 amide bonds. The molecule has 3 heteroatoms. The van der Waals surface area contributed by atoms with Gasteiger partial charge in [-0.05, 0) is 40.5 Å². The maximum atomic E-state index is 12.0. The molecule has 3 nitrogen and oxygen atoms in total. The fourth-order valence-electron chi connectivity index (χ4n) is 2.01. The number of esters is 1. The lowest BCUT2D eigenvalue weighted by Gasteiger charge is -2.38. The molecule has 0 aromatic rings. The van der Waals surface area contributed by atoms with Crippen molar-refractivity contribution in [2.75, 3.05) is 0 Å². The summed E-state index contributed by atoms with van der Waals surface area (Å²) >= 11 is 0. The van der Waals surface area contributed by atoms with Crippen molar-refractivity contribution in [1.29, 1.82) is 0 Å². The van der Waals surface area contributed by atoms with E-state index in [0.29, 0.717) is 0 Å². The van der Waals surface area contributed by atoms with Crippen LogP contribution in [-0.2, 0) is 9.53 Å². The van der Waals surface area contributed by atoms with Gasteiger partial charge in [-0.25, -0.2) is 0 Å². The molecule has 2 N–H and O–H groups in total. The highest BCUT2D eigenvalue weighted by molar-refractivity contribution is 5.77. The Morgan fingerprint density at radius 3 is 2.47 bits per heavy atom. The SMILES string of the molecule is CC(C)(C)OC(=O)C1(C)CCCCC1N. The molecule has 88 valence electrons. The molecule has 1 fully saturated rings. The minimum absolute atomic E-state index is 0.0545. The van der Waals surface area contributed by atoms with E-state index in [1.807, 2.05) is 27.7 Å². The summed E-state index contributed by atoms with van der Waals surface area (Å²) in [6.07, 6.45) is 3.97. The average Bonchev–Trinajstić information content (AvgIpc) is 2.07. The van der Waals surface area contributed by atoms with Gasteiger partial charge in [0.2, 0.25) is 0 Å². The first-order chi connectivity index (χ1) is 6.76. The van der Waals surface area contributed by atoms with Crippen LogP contribution in [0.1, 0.15) is 53.4 Å². The summed E-state index contributed by atoms with van der Waals surface area (Å²) < 4.78 is 5.43. The fraction of sp³-hybridized carbons (Fsp3) is 0.917. The Labute approximate surface area is 92.4 Å². The summed E-state index contributed by atoms with van der Waals surface area (Å²) in [6, 6.07) is -0.0545. The maximum absolute atomic E-state index is 12.0. The van der Waals surface area contributed by atoms with Crippen LogP contribution in [0.2, 0.25) is 0 Å². The number of rotatable bonds is 1. The molecule has 0 aromatic heterocycles. The van der Waals surface area contributed by atoms with E-state index in [9.17, 15) is 4.79 Å². The Morgan fingerprint density at radius 2 is 2.00 bits per heavy atom. The first-order valence-electron chi connectivity index (χ1n) is 5.75. The van der Waals surface area contributed by atoms with Gasteiger partial charge in [0.15, 0.2) is 0 Å². The molecule has 0 saturated heterocycles. The predicted molar refractivity (Wildman–Crippen MR) is 60.4 cm³/mol. The topological polar surface area (TPSA) is 52.3 Å². The second-order valence-corrected chi connectivity index (χ2v) is 5.77. The highest BCUT2D eigenvalue weighted by Gasteiger charge is 2.43. The molecule has 0 aliphatic heterocycles. The van der Waals surface area contributed by atoms with Gasteiger partial charge >= 0.3 is 5.97 Å². The molecule has 1 rings (SSSR count). The van der Waals surface area contributed by atoms with Gasteiger partial charge in [-0.3, -0.25) is 4.79 Å². The van der Waals surface area contributed by atoms with Gasteiger partial charge in [-0.2, -0.15) is 0 Å². The summed E-state index contributed by atoms with van der Waals surface area (Å²) in [7, 11) is 0. The number of nitrogens with two attached hydrogens (primary N) is 1. The lowest BCUT2D eigenvalue weighted by atomic mass is 9.72. The largest absolute Gasteiger partial charge is 0.460 e. The van der Waals surface area contributed by atoms with E-state index < -0.39 is 11.0 Å². The zero-order valence-corrected chi connectivity index (χ0v) is 10.3. The molecule has 2 atom stereocenters. The van der Waals surface area contributed by atoms with Crippen LogP contribution in [0.15, 0.2) is 0 Å². The molecule has 0 aromatic carbocycles. The number of hydrogen-bond acceptors (Lipinski definition) is 3. The Morgan fingerprint density at radius 1 is 1.40 bits per heavy atom. The van der Waals surface area contributed by atoms with E-state index in [1.165, 1.54) is 0 Å². The van der Waals surface area contributed by atoms with E-state index in [2.05, 4.69) is 0 Å². The quantitative estimate of drug-likeness (QED) is 0.680. The lowest BCUT2D eigenvalue weighted by molar-refractivity contribution is -0.169. The highest BCUT2D eigenvalue weighted by atomic mass is 16.6. The third-order valence-electron chi connectivity index (χ3n) is 3.14. The molecule has 0 bridgehead atoms. The minimum Gasteiger partial charge on any atom is -0.460 e. The first-order valence-corrected chi connectivity index (χ1v) is 5.75. The van der Waals surface area contributed by atoms with Gasteiger partial charge in [0.1, 0.15) is 5.60 Å². The fourth-order valence-corrected chi connectivity index (χ4v) is 2.01. The van der Waals surface area contributed by atoms with Gasteiger partial charge in [0.05, 0.1) is 5.41 Å². The summed E-state index contributed by atoms with van der Waals surface area (Å²) in [4.78, 5) is 12.0. The van der Waals surface area contributed by atoms with Crippen LogP contribution >= 0.6 is 0 Å². The molecule has 1 aliphatic rings. The van der Waals surface area contributed by atoms with Crippen LogP contribution < -0.4 is 5.73 Å². The normalized spacial score (nSPS) is 32.5. The molecule has 1 saturated carbocycles. The molecule has 0 spiro atoms. The monoisotopic (exact) mass is 213 g/mol. The second-order valence-electron chi connectivity index (χ2n) is 5.77. The van der Waals surface area contributed by atoms with Gasteiger partial charge in [-0.15, -0.1) is 0 Å². The van der Waals surface area contributed by atoms with Crippen LogP contribution in [0.25, 0.3) is 0 Å². The van der Waals surface area contributed by atoms with Crippen molar-refractivity contribution in [1.82, 2.24) is 0 Å². The number of carbonyl (C=O) groups is 1. The predicted octanol–water partition coefficient (Wildman–Crippen LogP) is 2.24. The number of carbonyl (C=O) groups excluding carboxylic acids is 1. The average molecular weight is 213 g/mol. The van der Waals surface area contributed by atoms with E-state index >= 15 is 0 Å². The van der Waals surface area contributed by atoms with Gasteiger partial charge in [0.25, 0.3) is 0 Å². The number of hydrogen-bond donors (Lipinski definition) is 1. The van der Waals surface area contributed by atoms with Crippen LogP contribution in [0, 0.1) is 5.41 Å². The smallest absolute Gasteiger partial charge is 0.313 e. The van der Waals surface area contributed by atoms with Crippen LogP contribution in [-0.4, -0.2) is 17.6 Å². The Hall–Kier alpha value is -0.570. The van der Waals surface area contributed by atoms with Crippen molar-refractivity contribution in [2.24, 2.45) is 11.1 Å². The lowest BCUT2D eigenvalue weighted by Crippen LogP contribution is -2.49. The van der Waals surface area contributed by atoms with Crippen molar-refractivity contribution >= 4 is 5.97 Å². The zero-order valence-electron chi connectivity index (χ0n) is 10.3. The first kappa shape index (κ1) is 12.5. The summed E-state index contributed by atoms with van der Waals surface area (Å²) in [5, 5.41) is 0. The Kier molecular flexibility index (Phi) is 3.44. The van der Waals surface area contributed by atoms with E-state index in [1.54, 1.807) is 0 Å². The van der Waals surface area contributed by atoms with Crippen molar-refractivity contribution in [3.63, 3.8) is 0 Å². The Bertz CT molecular complexity index is 244. The Balaban J connectivity index is 2.71. The summed E-state index contributed by atoms with van der Waals surface area (Å²) in [5.41, 5.74) is 5.13. The van der Waals surface area contributed by atoms with Crippen LogP contribution in [0.4, 0.5) is 0 Å². The standard InChI is InChI=1S/C12H23NO2/c1-11(2,3)15-10(14)12(4)8-6-5-7-9(12)13/h9H,5-8,13H2,1-4H3. The minimum atomic E-state index is -0.481. The van der Waals surface area contributed by atoms with Gasteiger partial charge in [-0.1, -0.05) is 12.8 Å². The molecule has 1 aliphatic carbocycles. The maximum Gasteiger partial charge on any atom is 0.313 e. The highest BCUT2D eigenvalue weighted by Crippen LogP contribution is 2.37. The molecule has 15 heavy (non-hydrogen) atoms. The number of ether oxygens (including phenoxy) is 1. The molecular weight excluding hydrogens is 190 g/mol. The molecule has 2 unspecified atom stereocenters. The van der Waals surface area contributed by atoms with Crippen molar-refractivity contribution in [2.45, 2.75) is 65.0 Å². The van der Waals surface area contributed by atoms with E-state index in [4.69, 9.17) is 10.5 Å². The van der Waals surface area contributed by atoms with Crippen LogP contribution in [0.5, 0.6) is 0 Å². The summed E-state index contributed by atoms with van der Waals surface area (Å²) in [5.74, 6) is -0.137. The third kappa shape index (κ3) is 2.94. The van der Waals surface area contributed by atoms with Gasteiger partial charge in [0, 0.05) is 6.04 Å². The molecule has 0 heterocycles. The third-order valence-corrected chi connectivity index (χ3v) is 3.14. The van der Waals surface area contributed by atoms with Crippen molar-refractivity contribution in [3.8, 4) is 0 Å². The molecular formula is C12H23NO2. The van der Waals surface area contributed by atoms with Crippen LogP contribution in [0.3, 0.4) is 0 Å².